The van der Waals surface area contributed by atoms with Gasteiger partial charge in [0.25, 0.3) is 0 Å². The number of aliphatic hydroxyl groups excluding tert-OH is 1. The molecule has 0 heterocycles. The summed E-state index contributed by atoms with van der Waals surface area (Å²) >= 11 is 3.47. The van der Waals surface area contributed by atoms with Crippen LogP contribution < -0.4 is 10.1 Å². The molecule has 1 atom stereocenters. The maximum absolute atomic E-state index is 9.19. The Hall–Kier alpha value is -0.580. The average molecular weight is 316 g/mol. The van der Waals surface area contributed by atoms with E-state index in [1.807, 2.05) is 12.1 Å². The van der Waals surface area contributed by atoms with Gasteiger partial charge in [-0.3, -0.25) is 0 Å². The van der Waals surface area contributed by atoms with E-state index in [1.165, 1.54) is 0 Å². The SMILES string of the molecule is CCCOc1ccc(Br)cc1CNCCC(C)O. The molecule has 0 aliphatic heterocycles. The lowest BCUT2D eigenvalue weighted by Crippen LogP contribution is -2.19. The van der Waals surface area contributed by atoms with Gasteiger partial charge >= 0.3 is 0 Å². The lowest BCUT2D eigenvalue weighted by Gasteiger charge is -2.12. The molecule has 1 aromatic carbocycles. The van der Waals surface area contributed by atoms with Gasteiger partial charge < -0.3 is 15.2 Å². The molecule has 0 aromatic heterocycles. The van der Waals surface area contributed by atoms with Crippen molar-refractivity contribution in [3.63, 3.8) is 0 Å². The summed E-state index contributed by atoms with van der Waals surface area (Å²) in [5.74, 6) is 0.935. The predicted octanol–water partition coefficient (Wildman–Crippen LogP) is 3.10. The zero-order chi connectivity index (χ0) is 13.4. The molecule has 18 heavy (non-hydrogen) atoms. The quantitative estimate of drug-likeness (QED) is 0.724. The maximum atomic E-state index is 9.19. The highest BCUT2D eigenvalue weighted by atomic mass is 79.9. The normalized spacial score (nSPS) is 12.4. The van der Waals surface area contributed by atoms with Crippen LogP contribution in [0.3, 0.4) is 0 Å². The molecule has 0 fully saturated rings. The van der Waals surface area contributed by atoms with Gasteiger partial charge in [0.05, 0.1) is 12.7 Å². The molecule has 2 N–H and O–H groups in total. The standard InChI is InChI=1S/C14H22BrNO2/c1-3-8-18-14-5-4-13(15)9-12(14)10-16-7-6-11(2)17/h4-5,9,11,16-17H,3,6-8,10H2,1-2H3. The Morgan fingerprint density at radius 1 is 1.44 bits per heavy atom. The highest BCUT2D eigenvalue weighted by Crippen LogP contribution is 2.23. The van der Waals surface area contributed by atoms with Crippen molar-refractivity contribution in [3.8, 4) is 5.75 Å². The third kappa shape index (κ3) is 5.85. The lowest BCUT2D eigenvalue weighted by molar-refractivity contribution is 0.183. The smallest absolute Gasteiger partial charge is 0.123 e. The van der Waals surface area contributed by atoms with Crippen LogP contribution in [0.2, 0.25) is 0 Å². The zero-order valence-corrected chi connectivity index (χ0v) is 12.7. The number of nitrogens with one attached hydrogen (secondary N) is 1. The third-order valence-corrected chi connectivity index (χ3v) is 3.03. The number of aliphatic hydroxyl groups is 1. The Morgan fingerprint density at radius 3 is 2.89 bits per heavy atom. The van der Waals surface area contributed by atoms with Crippen molar-refractivity contribution in [3.05, 3.63) is 28.2 Å². The van der Waals surface area contributed by atoms with E-state index in [0.717, 1.165) is 48.3 Å². The summed E-state index contributed by atoms with van der Waals surface area (Å²) in [6.45, 7) is 6.20. The molecule has 0 amide bonds. The molecule has 0 radical (unpaired) electrons. The first-order chi connectivity index (χ1) is 8.63. The lowest BCUT2D eigenvalue weighted by atomic mass is 10.2. The van der Waals surface area contributed by atoms with Crippen molar-refractivity contribution in [2.75, 3.05) is 13.2 Å². The molecule has 1 aromatic rings. The van der Waals surface area contributed by atoms with Crippen LogP contribution in [0.1, 0.15) is 32.3 Å². The van der Waals surface area contributed by atoms with E-state index in [2.05, 4.69) is 34.2 Å². The van der Waals surface area contributed by atoms with Crippen molar-refractivity contribution in [2.24, 2.45) is 0 Å². The minimum absolute atomic E-state index is 0.254. The highest BCUT2D eigenvalue weighted by Gasteiger charge is 2.04. The summed E-state index contributed by atoms with van der Waals surface area (Å²) < 4.78 is 6.76. The molecule has 3 nitrogen and oxygen atoms in total. The van der Waals surface area contributed by atoms with E-state index in [4.69, 9.17) is 4.74 Å². The van der Waals surface area contributed by atoms with Gasteiger partial charge in [-0.2, -0.15) is 0 Å². The fourth-order valence-electron chi connectivity index (χ4n) is 1.57. The van der Waals surface area contributed by atoms with Crippen LogP contribution in [0.4, 0.5) is 0 Å². The van der Waals surface area contributed by atoms with Crippen molar-refractivity contribution < 1.29 is 9.84 Å². The Morgan fingerprint density at radius 2 is 2.22 bits per heavy atom. The summed E-state index contributed by atoms with van der Waals surface area (Å²) in [6.07, 6.45) is 1.51. The van der Waals surface area contributed by atoms with Crippen molar-refractivity contribution >= 4 is 15.9 Å². The zero-order valence-electron chi connectivity index (χ0n) is 11.1. The van der Waals surface area contributed by atoms with E-state index in [-0.39, 0.29) is 6.10 Å². The van der Waals surface area contributed by atoms with Crippen LogP contribution in [0.5, 0.6) is 5.75 Å². The average Bonchev–Trinajstić information content (AvgIpc) is 2.33. The second-order valence-electron chi connectivity index (χ2n) is 4.41. The molecule has 0 bridgehead atoms. The summed E-state index contributed by atoms with van der Waals surface area (Å²) in [6, 6.07) is 6.05. The van der Waals surface area contributed by atoms with Crippen LogP contribution in [0, 0.1) is 0 Å². The van der Waals surface area contributed by atoms with Crippen molar-refractivity contribution in [1.29, 1.82) is 0 Å². The van der Waals surface area contributed by atoms with Gasteiger partial charge in [-0.25, -0.2) is 0 Å². The van der Waals surface area contributed by atoms with Gasteiger partial charge in [-0.05, 0) is 44.5 Å². The molecule has 0 aliphatic carbocycles. The fourth-order valence-corrected chi connectivity index (χ4v) is 1.98. The third-order valence-electron chi connectivity index (χ3n) is 2.54. The van der Waals surface area contributed by atoms with Gasteiger partial charge in [-0.1, -0.05) is 22.9 Å². The van der Waals surface area contributed by atoms with Gasteiger partial charge in [0.2, 0.25) is 0 Å². The summed E-state index contributed by atoms with van der Waals surface area (Å²) in [7, 11) is 0. The summed E-state index contributed by atoms with van der Waals surface area (Å²) in [4.78, 5) is 0. The largest absolute Gasteiger partial charge is 0.493 e. The number of hydrogen-bond acceptors (Lipinski definition) is 3. The predicted molar refractivity (Wildman–Crippen MR) is 77.9 cm³/mol. The van der Waals surface area contributed by atoms with E-state index < -0.39 is 0 Å². The Bertz CT molecular complexity index is 356. The molecule has 1 unspecified atom stereocenters. The molecule has 0 aliphatic rings. The first-order valence-electron chi connectivity index (χ1n) is 6.43. The topological polar surface area (TPSA) is 41.5 Å². The molecular weight excluding hydrogens is 294 g/mol. The minimum Gasteiger partial charge on any atom is -0.493 e. The second-order valence-corrected chi connectivity index (χ2v) is 5.33. The number of rotatable bonds is 8. The summed E-state index contributed by atoms with van der Waals surface area (Å²) in [5.41, 5.74) is 1.14. The Kier molecular flexibility index (Phi) is 7.32. The molecule has 1 rings (SSSR count). The van der Waals surface area contributed by atoms with E-state index >= 15 is 0 Å². The van der Waals surface area contributed by atoms with Crippen LogP contribution in [-0.2, 0) is 6.54 Å². The van der Waals surface area contributed by atoms with Gasteiger partial charge in [0.15, 0.2) is 0 Å². The molecule has 0 saturated heterocycles. The Labute approximate surface area is 118 Å². The molecular formula is C14H22BrNO2. The molecule has 102 valence electrons. The van der Waals surface area contributed by atoms with Crippen LogP contribution in [0.15, 0.2) is 22.7 Å². The van der Waals surface area contributed by atoms with Crippen molar-refractivity contribution in [2.45, 2.75) is 39.3 Å². The number of ether oxygens (including phenoxy) is 1. The molecule has 0 saturated carbocycles. The molecule has 4 heteroatoms. The van der Waals surface area contributed by atoms with Crippen LogP contribution in [-0.4, -0.2) is 24.4 Å². The van der Waals surface area contributed by atoms with Crippen LogP contribution in [0.25, 0.3) is 0 Å². The number of hydrogen-bond donors (Lipinski definition) is 2. The highest BCUT2D eigenvalue weighted by molar-refractivity contribution is 9.10. The van der Waals surface area contributed by atoms with Crippen LogP contribution >= 0.6 is 15.9 Å². The van der Waals surface area contributed by atoms with E-state index in [0.29, 0.717) is 0 Å². The monoisotopic (exact) mass is 315 g/mol. The van der Waals surface area contributed by atoms with Crippen molar-refractivity contribution in [1.82, 2.24) is 5.32 Å². The first-order valence-corrected chi connectivity index (χ1v) is 7.22. The number of halogens is 1. The second kappa shape index (κ2) is 8.51. The molecule has 0 spiro atoms. The van der Waals surface area contributed by atoms with Gasteiger partial charge in [0, 0.05) is 16.6 Å². The van der Waals surface area contributed by atoms with E-state index in [1.54, 1.807) is 6.92 Å². The van der Waals surface area contributed by atoms with Gasteiger partial charge in [-0.15, -0.1) is 0 Å². The Balaban J connectivity index is 2.52. The summed E-state index contributed by atoms with van der Waals surface area (Å²) in [5, 5.41) is 12.5. The minimum atomic E-state index is -0.254. The van der Waals surface area contributed by atoms with E-state index in [9.17, 15) is 5.11 Å². The number of benzene rings is 1. The fraction of sp³-hybridized carbons (Fsp3) is 0.571. The maximum Gasteiger partial charge on any atom is 0.123 e. The first kappa shape index (κ1) is 15.5. The van der Waals surface area contributed by atoms with Gasteiger partial charge in [0.1, 0.15) is 5.75 Å².